The standard InChI is InChI=1S/C21H21N3O5S/c1-24-18(25)12-17(30-21(24)23-15-6-4-5-7-16(15)28-2)19(26)22-14-10-8-13(9-11-14)20(27)29-3/h4-11,17H,12H2,1-3H3,(H,22,26)/t17-/m0/s1. The van der Waals surface area contributed by atoms with E-state index in [1.165, 1.54) is 23.8 Å². The van der Waals surface area contributed by atoms with Gasteiger partial charge in [0, 0.05) is 19.2 Å². The molecule has 0 radical (unpaired) electrons. The van der Waals surface area contributed by atoms with Gasteiger partial charge in [-0.1, -0.05) is 23.9 Å². The van der Waals surface area contributed by atoms with Gasteiger partial charge in [0.15, 0.2) is 5.17 Å². The third-order valence-corrected chi connectivity index (χ3v) is 5.68. The second-order valence-corrected chi connectivity index (χ2v) is 7.56. The molecule has 1 atom stereocenters. The highest BCUT2D eigenvalue weighted by atomic mass is 32.2. The van der Waals surface area contributed by atoms with E-state index in [1.54, 1.807) is 50.6 Å². The first kappa shape index (κ1) is 21.4. The zero-order valence-electron chi connectivity index (χ0n) is 16.7. The van der Waals surface area contributed by atoms with Crippen molar-refractivity contribution in [1.82, 2.24) is 4.90 Å². The highest BCUT2D eigenvalue weighted by molar-refractivity contribution is 8.15. The summed E-state index contributed by atoms with van der Waals surface area (Å²) in [5.74, 6) is -0.408. The molecular formula is C21H21N3O5S. The number of hydrogen-bond acceptors (Lipinski definition) is 7. The lowest BCUT2D eigenvalue weighted by atomic mass is 10.2. The van der Waals surface area contributed by atoms with E-state index in [9.17, 15) is 14.4 Å². The van der Waals surface area contributed by atoms with Crippen LogP contribution in [0.2, 0.25) is 0 Å². The molecule has 1 N–H and O–H groups in total. The maximum atomic E-state index is 12.7. The molecule has 1 fully saturated rings. The van der Waals surface area contributed by atoms with E-state index in [1.807, 2.05) is 12.1 Å². The van der Waals surface area contributed by atoms with Crippen LogP contribution in [0.1, 0.15) is 16.8 Å². The minimum atomic E-state index is -0.637. The molecule has 0 unspecified atom stereocenters. The number of esters is 1. The van der Waals surface area contributed by atoms with Crippen molar-refractivity contribution in [3.05, 3.63) is 54.1 Å². The Labute approximate surface area is 178 Å². The van der Waals surface area contributed by atoms with Gasteiger partial charge in [0.2, 0.25) is 11.8 Å². The first-order chi connectivity index (χ1) is 14.4. The summed E-state index contributed by atoms with van der Waals surface area (Å²) in [6, 6.07) is 13.5. The molecule has 2 aromatic rings. The number of benzene rings is 2. The first-order valence-corrected chi connectivity index (χ1v) is 9.95. The topological polar surface area (TPSA) is 97.3 Å². The van der Waals surface area contributed by atoms with Crippen molar-refractivity contribution in [1.29, 1.82) is 0 Å². The second-order valence-electron chi connectivity index (χ2n) is 6.39. The Morgan fingerprint density at radius 2 is 1.83 bits per heavy atom. The zero-order valence-corrected chi connectivity index (χ0v) is 17.6. The summed E-state index contributed by atoms with van der Waals surface area (Å²) in [7, 11) is 4.48. The smallest absolute Gasteiger partial charge is 0.337 e. The van der Waals surface area contributed by atoms with E-state index in [4.69, 9.17) is 4.74 Å². The molecule has 0 saturated carbocycles. The van der Waals surface area contributed by atoms with Gasteiger partial charge in [0.25, 0.3) is 0 Å². The summed E-state index contributed by atoms with van der Waals surface area (Å²) in [5.41, 5.74) is 1.47. The number of carbonyl (C=O) groups is 3. The predicted molar refractivity (Wildman–Crippen MR) is 115 cm³/mol. The van der Waals surface area contributed by atoms with E-state index in [2.05, 4.69) is 15.0 Å². The molecule has 1 heterocycles. The Morgan fingerprint density at radius 3 is 2.50 bits per heavy atom. The maximum absolute atomic E-state index is 12.7. The van der Waals surface area contributed by atoms with Gasteiger partial charge in [-0.15, -0.1) is 0 Å². The zero-order chi connectivity index (χ0) is 21.7. The first-order valence-electron chi connectivity index (χ1n) is 9.07. The number of nitrogens with one attached hydrogen (secondary N) is 1. The molecule has 9 heteroatoms. The van der Waals surface area contributed by atoms with Crippen LogP contribution < -0.4 is 10.1 Å². The predicted octanol–water partition coefficient (Wildman–Crippen LogP) is 3.07. The fourth-order valence-corrected chi connectivity index (χ4v) is 3.81. The third-order valence-electron chi connectivity index (χ3n) is 4.44. The summed E-state index contributed by atoms with van der Waals surface area (Å²) in [5, 5.41) is 2.55. The maximum Gasteiger partial charge on any atom is 0.337 e. The number of methoxy groups -OCH3 is 2. The minimum Gasteiger partial charge on any atom is -0.494 e. The number of thioether (sulfide) groups is 1. The molecule has 156 valence electrons. The van der Waals surface area contributed by atoms with Crippen molar-refractivity contribution in [3.63, 3.8) is 0 Å². The van der Waals surface area contributed by atoms with Crippen LogP contribution in [-0.4, -0.2) is 54.4 Å². The van der Waals surface area contributed by atoms with E-state index in [-0.39, 0.29) is 18.2 Å². The number of carbonyl (C=O) groups excluding carboxylic acids is 3. The van der Waals surface area contributed by atoms with E-state index >= 15 is 0 Å². The van der Waals surface area contributed by atoms with Crippen molar-refractivity contribution in [2.45, 2.75) is 11.7 Å². The van der Waals surface area contributed by atoms with Crippen LogP contribution in [0.5, 0.6) is 5.75 Å². The average molecular weight is 427 g/mol. The molecule has 1 aliphatic heterocycles. The van der Waals surface area contributed by atoms with Gasteiger partial charge in [-0.25, -0.2) is 9.79 Å². The van der Waals surface area contributed by atoms with Crippen molar-refractivity contribution in [3.8, 4) is 5.75 Å². The summed E-state index contributed by atoms with van der Waals surface area (Å²) in [6.45, 7) is 0. The number of para-hydroxylation sites is 2. The van der Waals surface area contributed by atoms with Crippen LogP contribution in [0.3, 0.4) is 0 Å². The van der Waals surface area contributed by atoms with Crippen molar-refractivity contribution in [2.75, 3.05) is 26.6 Å². The lowest BCUT2D eigenvalue weighted by molar-refractivity contribution is -0.128. The van der Waals surface area contributed by atoms with Crippen LogP contribution in [0.4, 0.5) is 11.4 Å². The molecular weight excluding hydrogens is 406 g/mol. The Bertz CT molecular complexity index is 990. The highest BCUT2D eigenvalue weighted by Crippen LogP contribution is 2.32. The van der Waals surface area contributed by atoms with Gasteiger partial charge in [-0.2, -0.15) is 0 Å². The minimum absolute atomic E-state index is 0.0538. The number of anilines is 1. The van der Waals surface area contributed by atoms with Gasteiger partial charge < -0.3 is 14.8 Å². The molecule has 3 rings (SSSR count). The van der Waals surface area contributed by atoms with Gasteiger partial charge in [0.05, 0.1) is 19.8 Å². The number of rotatable bonds is 5. The molecule has 8 nitrogen and oxygen atoms in total. The summed E-state index contributed by atoms with van der Waals surface area (Å²) >= 11 is 1.21. The van der Waals surface area contributed by atoms with Crippen LogP contribution in [0, 0.1) is 0 Å². The summed E-state index contributed by atoms with van der Waals surface area (Å²) < 4.78 is 9.96. The molecule has 2 aromatic carbocycles. The molecule has 1 saturated heterocycles. The average Bonchev–Trinajstić information content (AvgIpc) is 2.77. The Morgan fingerprint density at radius 1 is 1.13 bits per heavy atom. The molecule has 1 aliphatic rings. The van der Waals surface area contributed by atoms with Gasteiger partial charge in [-0.05, 0) is 36.4 Å². The SMILES string of the molecule is COC(=O)c1ccc(NC(=O)[C@@H]2CC(=O)N(C)C(=Nc3ccccc3OC)S2)cc1. The van der Waals surface area contributed by atoms with E-state index in [0.29, 0.717) is 27.9 Å². The van der Waals surface area contributed by atoms with Crippen LogP contribution in [0.15, 0.2) is 53.5 Å². The van der Waals surface area contributed by atoms with Crippen molar-refractivity contribution in [2.24, 2.45) is 4.99 Å². The monoisotopic (exact) mass is 427 g/mol. The van der Waals surface area contributed by atoms with Gasteiger partial charge in [-0.3, -0.25) is 14.5 Å². The number of nitrogens with zero attached hydrogens (tertiary/aromatic N) is 2. The quantitative estimate of drug-likeness (QED) is 0.737. The molecule has 2 amide bonds. The molecule has 0 spiro atoms. The lowest BCUT2D eigenvalue weighted by Crippen LogP contribution is -2.43. The highest BCUT2D eigenvalue weighted by Gasteiger charge is 2.34. The normalized spacial score (nSPS) is 17.6. The van der Waals surface area contributed by atoms with Gasteiger partial charge >= 0.3 is 5.97 Å². The summed E-state index contributed by atoms with van der Waals surface area (Å²) in [6.07, 6.45) is 0.0538. The fraction of sp³-hybridized carbons (Fsp3) is 0.238. The van der Waals surface area contributed by atoms with Crippen LogP contribution in [-0.2, 0) is 14.3 Å². The molecule has 0 bridgehead atoms. The molecule has 30 heavy (non-hydrogen) atoms. The van der Waals surface area contributed by atoms with Gasteiger partial charge in [0.1, 0.15) is 16.7 Å². The number of amides is 2. The Hall–Kier alpha value is -3.33. The summed E-state index contributed by atoms with van der Waals surface area (Å²) in [4.78, 5) is 42.7. The number of aliphatic imine (C=N–C) groups is 1. The Kier molecular flexibility index (Phi) is 6.73. The number of hydrogen-bond donors (Lipinski definition) is 1. The van der Waals surface area contributed by atoms with Crippen LogP contribution >= 0.6 is 11.8 Å². The fourth-order valence-electron chi connectivity index (χ4n) is 2.75. The number of ether oxygens (including phenoxy) is 2. The number of amidine groups is 1. The van der Waals surface area contributed by atoms with Crippen molar-refractivity contribution < 1.29 is 23.9 Å². The van der Waals surface area contributed by atoms with E-state index < -0.39 is 11.2 Å². The molecule has 0 aliphatic carbocycles. The van der Waals surface area contributed by atoms with Crippen LogP contribution in [0.25, 0.3) is 0 Å². The largest absolute Gasteiger partial charge is 0.494 e. The third kappa shape index (κ3) is 4.80. The second kappa shape index (κ2) is 9.45. The lowest BCUT2D eigenvalue weighted by Gasteiger charge is -2.29. The van der Waals surface area contributed by atoms with Crippen molar-refractivity contribution >= 4 is 46.1 Å². The Balaban J connectivity index is 1.76. The van der Waals surface area contributed by atoms with E-state index in [0.717, 1.165) is 0 Å². The molecule has 0 aromatic heterocycles.